The summed E-state index contributed by atoms with van der Waals surface area (Å²) in [5.41, 5.74) is 0.858. The summed E-state index contributed by atoms with van der Waals surface area (Å²) in [7, 11) is 0. The van der Waals surface area contributed by atoms with Crippen molar-refractivity contribution in [3.05, 3.63) is 29.8 Å². The molecule has 0 radical (unpaired) electrons. The molecule has 0 heterocycles. The number of nitriles is 1. The van der Waals surface area contributed by atoms with Gasteiger partial charge in [0.1, 0.15) is 6.42 Å². The second-order valence-corrected chi connectivity index (χ2v) is 3.76. The fourth-order valence-corrected chi connectivity index (χ4v) is 1.27. The largest absolute Gasteiger partial charge is 0.471 e. The zero-order valence-corrected chi connectivity index (χ0v) is 10.1. The molecule has 0 bridgehead atoms. The fraction of sp³-hybridized carbons (Fsp3) is 0.250. The Labute approximate surface area is 112 Å². The molecule has 1 aromatic rings. The number of alkyl halides is 3. The van der Waals surface area contributed by atoms with Crippen LogP contribution < -0.4 is 10.6 Å². The lowest BCUT2D eigenvalue weighted by atomic mass is 10.2. The first-order valence-corrected chi connectivity index (χ1v) is 5.43. The van der Waals surface area contributed by atoms with E-state index in [9.17, 15) is 22.8 Å². The summed E-state index contributed by atoms with van der Waals surface area (Å²) in [4.78, 5) is 21.7. The van der Waals surface area contributed by atoms with Crippen molar-refractivity contribution in [1.29, 1.82) is 5.26 Å². The highest BCUT2D eigenvalue weighted by Crippen LogP contribution is 2.15. The summed E-state index contributed by atoms with van der Waals surface area (Å²) in [5.74, 6) is -2.49. The van der Waals surface area contributed by atoms with Gasteiger partial charge in [0.15, 0.2) is 0 Å². The van der Waals surface area contributed by atoms with Crippen LogP contribution in [0.1, 0.15) is 12.0 Å². The number of anilines is 1. The van der Waals surface area contributed by atoms with E-state index < -0.39 is 18.0 Å². The maximum atomic E-state index is 11.9. The van der Waals surface area contributed by atoms with Gasteiger partial charge in [0.25, 0.3) is 0 Å². The van der Waals surface area contributed by atoms with Crippen molar-refractivity contribution in [1.82, 2.24) is 5.32 Å². The number of rotatable bonds is 4. The van der Waals surface area contributed by atoms with Crippen LogP contribution in [0.5, 0.6) is 0 Å². The van der Waals surface area contributed by atoms with E-state index in [1.165, 1.54) is 24.3 Å². The van der Waals surface area contributed by atoms with Crippen LogP contribution in [0.4, 0.5) is 18.9 Å². The summed E-state index contributed by atoms with van der Waals surface area (Å²) >= 11 is 0. The van der Waals surface area contributed by atoms with Crippen molar-refractivity contribution in [2.24, 2.45) is 0 Å². The third kappa shape index (κ3) is 4.97. The molecule has 1 rings (SSSR count). The predicted molar refractivity (Wildman–Crippen MR) is 63.2 cm³/mol. The summed E-state index contributed by atoms with van der Waals surface area (Å²) < 4.78 is 35.8. The zero-order valence-electron chi connectivity index (χ0n) is 10.1. The Hall–Kier alpha value is -2.56. The molecular formula is C12H10F3N3O2. The minimum absolute atomic E-state index is 0.273. The van der Waals surface area contributed by atoms with Crippen LogP contribution in [0.25, 0.3) is 0 Å². The molecule has 0 saturated heterocycles. The molecule has 0 unspecified atom stereocenters. The molecule has 1 aromatic carbocycles. The highest BCUT2D eigenvalue weighted by molar-refractivity contribution is 5.92. The van der Waals surface area contributed by atoms with Gasteiger partial charge in [-0.1, -0.05) is 12.1 Å². The van der Waals surface area contributed by atoms with E-state index >= 15 is 0 Å². The summed E-state index contributed by atoms with van der Waals surface area (Å²) in [6, 6.07) is 7.52. The Morgan fingerprint density at radius 2 is 1.80 bits per heavy atom. The van der Waals surface area contributed by atoms with Gasteiger partial charge in [-0.25, -0.2) is 0 Å². The Morgan fingerprint density at radius 3 is 2.30 bits per heavy atom. The molecule has 0 atom stereocenters. The van der Waals surface area contributed by atoms with E-state index in [2.05, 4.69) is 5.32 Å². The highest BCUT2D eigenvalue weighted by Gasteiger charge is 2.38. The second kappa shape index (κ2) is 6.56. The molecule has 8 heteroatoms. The Morgan fingerprint density at radius 1 is 1.20 bits per heavy atom. The van der Waals surface area contributed by atoms with Crippen LogP contribution in [0.15, 0.2) is 24.3 Å². The molecule has 0 aliphatic rings. The van der Waals surface area contributed by atoms with Gasteiger partial charge < -0.3 is 10.6 Å². The Balaban J connectivity index is 2.53. The number of hydrogen-bond acceptors (Lipinski definition) is 3. The Kier molecular flexibility index (Phi) is 5.08. The van der Waals surface area contributed by atoms with Crippen LogP contribution in [-0.2, 0) is 16.1 Å². The van der Waals surface area contributed by atoms with Crippen LogP contribution in [-0.4, -0.2) is 18.0 Å². The summed E-state index contributed by atoms with van der Waals surface area (Å²) in [6.45, 7) is -0.273. The molecular weight excluding hydrogens is 275 g/mol. The smallest absolute Gasteiger partial charge is 0.344 e. The number of nitrogens with one attached hydrogen (secondary N) is 2. The number of halogens is 3. The van der Waals surface area contributed by atoms with Gasteiger partial charge in [-0.15, -0.1) is 0 Å². The third-order valence-electron chi connectivity index (χ3n) is 2.19. The maximum Gasteiger partial charge on any atom is 0.471 e. The average molecular weight is 285 g/mol. The van der Waals surface area contributed by atoms with Crippen molar-refractivity contribution < 1.29 is 22.8 Å². The standard InChI is InChI=1S/C12H10F3N3O2/c13-12(14,15)11(20)17-7-8-1-3-9(4-2-8)18-10(19)5-6-16/h1-4H,5,7H2,(H,17,20)(H,18,19). The third-order valence-corrected chi connectivity index (χ3v) is 2.19. The van der Waals surface area contributed by atoms with Crippen molar-refractivity contribution in [3.63, 3.8) is 0 Å². The minimum atomic E-state index is -4.91. The van der Waals surface area contributed by atoms with Crippen LogP contribution in [0, 0.1) is 11.3 Å². The van der Waals surface area contributed by atoms with E-state index in [0.717, 1.165) is 0 Å². The maximum absolute atomic E-state index is 11.9. The van der Waals surface area contributed by atoms with Gasteiger partial charge in [0.05, 0.1) is 6.07 Å². The van der Waals surface area contributed by atoms with Crippen LogP contribution >= 0.6 is 0 Å². The molecule has 20 heavy (non-hydrogen) atoms. The minimum Gasteiger partial charge on any atom is -0.344 e. The number of amides is 2. The topological polar surface area (TPSA) is 82.0 Å². The summed E-state index contributed by atoms with van der Waals surface area (Å²) in [5, 5.41) is 12.5. The number of carbonyl (C=O) groups excluding carboxylic acids is 2. The Bertz CT molecular complexity index is 532. The fourth-order valence-electron chi connectivity index (χ4n) is 1.27. The van der Waals surface area contributed by atoms with Crippen molar-refractivity contribution in [3.8, 4) is 6.07 Å². The second-order valence-electron chi connectivity index (χ2n) is 3.76. The molecule has 0 aromatic heterocycles. The molecule has 0 saturated carbocycles. The number of carbonyl (C=O) groups is 2. The SMILES string of the molecule is N#CCC(=O)Nc1ccc(CNC(=O)C(F)(F)F)cc1. The van der Waals surface area contributed by atoms with Crippen LogP contribution in [0.3, 0.4) is 0 Å². The lowest BCUT2D eigenvalue weighted by Crippen LogP contribution is -2.36. The van der Waals surface area contributed by atoms with Crippen molar-refractivity contribution >= 4 is 17.5 Å². The van der Waals surface area contributed by atoms with Gasteiger partial charge in [-0.05, 0) is 17.7 Å². The normalized spacial score (nSPS) is 10.5. The molecule has 0 fully saturated rings. The highest BCUT2D eigenvalue weighted by atomic mass is 19.4. The van der Waals surface area contributed by atoms with Gasteiger partial charge >= 0.3 is 12.1 Å². The number of hydrogen-bond donors (Lipinski definition) is 2. The monoisotopic (exact) mass is 285 g/mol. The zero-order chi connectivity index (χ0) is 15.2. The van der Waals surface area contributed by atoms with Gasteiger partial charge in [-0.3, -0.25) is 9.59 Å². The quantitative estimate of drug-likeness (QED) is 0.883. The van der Waals surface area contributed by atoms with Crippen molar-refractivity contribution in [2.75, 3.05) is 5.32 Å². The first kappa shape index (κ1) is 15.5. The van der Waals surface area contributed by atoms with E-state index in [0.29, 0.717) is 11.3 Å². The molecule has 106 valence electrons. The van der Waals surface area contributed by atoms with E-state index in [-0.39, 0.29) is 13.0 Å². The summed E-state index contributed by atoms with van der Waals surface area (Å²) in [6.07, 6.45) is -5.20. The predicted octanol–water partition coefficient (Wildman–Crippen LogP) is 1.72. The first-order chi connectivity index (χ1) is 9.32. The van der Waals surface area contributed by atoms with Gasteiger partial charge in [0, 0.05) is 12.2 Å². The van der Waals surface area contributed by atoms with Crippen molar-refractivity contribution in [2.45, 2.75) is 19.1 Å². The number of benzene rings is 1. The molecule has 2 N–H and O–H groups in total. The molecule has 0 aliphatic carbocycles. The lowest BCUT2D eigenvalue weighted by Gasteiger charge is -2.08. The van der Waals surface area contributed by atoms with E-state index in [1.54, 1.807) is 11.4 Å². The molecule has 2 amide bonds. The molecule has 0 aliphatic heterocycles. The first-order valence-electron chi connectivity index (χ1n) is 5.43. The van der Waals surface area contributed by atoms with E-state index in [1.807, 2.05) is 0 Å². The molecule has 5 nitrogen and oxygen atoms in total. The van der Waals surface area contributed by atoms with E-state index in [4.69, 9.17) is 5.26 Å². The number of nitrogens with zero attached hydrogens (tertiary/aromatic N) is 1. The molecule has 0 spiro atoms. The lowest BCUT2D eigenvalue weighted by molar-refractivity contribution is -0.173. The average Bonchev–Trinajstić information content (AvgIpc) is 2.36. The van der Waals surface area contributed by atoms with Gasteiger partial charge in [0.2, 0.25) is 5.91 Å². The van der Waals surface area contributed by atoms with Gasteiger partial charge in [-0.2, -0.15) is 18.4 Å². The van der Waals surface area contributed by atoms with Crippen LogP contribution in [0.2, 0.25) is 0 Å².